The van der Waals surface area contributed by atoms with Crippen molar-refractivity contribution < 1.29 is 41.7 Å². The van der Waals surface area contributed by atoms with E-state index in [2.05, 4.69) is 4.98 Å². The van der Waals surface area contributed by atoms with Crippen LogP contribution in [0.15, 0.2) is 36.5 Å². The second kappa shape index (κ2) is 12.7. The Morgan fingerprint density at radius 3 is 2.50 bits per heavy atom. The third-order valence-corrected chi connectivity index (χ3v) is 7.45. The maximum Gasteiger partial charge on any atom is 0.324 e. The predicted octanol–water partition coefficient (Wildman–Crippen LogP) is 4.98. The minimum absolute atomic E-state index is 0.0538. The molecule has 0 spiro atoms. The second-order valence-electron chi connectivity index (χ2n) is 10.3. The highest BCUT2D eigenvalue weighted by atomic mass is 19.3. The van der Waals surface area contributed by atoms with Crippen LogP contribution >= 0.6 is 0 Å². The Kier molecular flexibility index (Phi) is 9.36. The number of anilines is 1. The summed E-state index contributed by atoms with van der Waals surface area (Å²) in [4.78, 5) is 30.2. The lowest BCUT2D eigenvalue weighted by Gasteiger charge is -2.34. The highest BCUT2D eigenvalue weighted by Gasteiger charge is 2.41. The fourth-order valence-electron chi connectivity index (χ4n) is 4.98. The van der Waals surface area contributed by atoms with Crippen LogP contribution in [0.5, 0.6) is 11.6 Å². The Morgan fingerprint density at radius 1 is 1.15 bits per heavy atom. The number of nitrogens with zero attached hydrogens (tertiary/aromatic N) is 2. The van der Waals surface area contributed by atoms with E-state index in [0.29, 0.717) is 55.8 Å². The van der Waals surface area contributed by atoms with Gasteiger partial charge in [0.05, 0.1) is 37.9 Å². The Bertz CT molecular complexity index is 1190. The number of piperidine rings is 1. The van der Waals surface area contributed by atoms with Crippen LogP contribution in [-0.2, 0) is 4.79 Å². The molecule has 1 saturated carbocycles. The van der Waals surface area contributed by atoms with Gasteiger partial charge in [0.1, 0.15) is 5.75 Å². The third kappa shape index (κ3) is 7.54. The first-order chi connectivity index (χ1) is 19.1. The lowest BCUT2D eigenvalue weighted by molar-refractivity contribution is -0.137. The standard InChI is InChI=1S/C28H33F4N3O5/c1-39-20-4-5-21(26(38)34-16-28(31,32)27(29)30)23(13-20)35-10-7-17(8-11-35)15-40-24-12-19(6-9-33-24)22(14-25(36)37)18-2-3-18/h4-6,9,12-13,17-18,22,27H,2-3,7-8,10-11,14-16H2,1H3,(H,34,38)(H,36,37). The third-order valence-electron chi connectivity index (χ3n) is 7.45. The zero-order chi connectivity index (χ0) is 28.9. The summed E-state index contributed by atoms with van der Waals surface area (Å²) in [5.41, 5.74) is 1.48. The van der Waals surface area contributed by atoms with Gasteiger partial charge in [0.2, 0.25) is 5.88 Å². The summed E-state index contributed by atoms with van der Waals surface area (Å²) in [6.45, 7) is 0.0296. The molecule has 1 atom stereocenters. The normalized spacial score (nSPS) is 17.0. The Balaban J connectivity index is 1.35. The number of carboxylic acids is 1. The summed E-state index contributed by atoms with van der Waals surface area (Å²) in [6.07, 6.45) is 1.30. The molecule has 4 rings (SSSR count). The average Bonchev–Trinajstić information content (AvgIpc) is 3.79. The summed E-state index contributed by atoms with van der Waals surface area (Å²) < 4.78 is 63.0. The summed E-state index contributed by atoms with van der Waals surface area (Å²) in [5, 5.41) is 11.2. The quantitative estimate of drug-likeness (QED) is 0.329. The van der Waals surface area contributed by atoms with E-state index < -0.39 is 30.8 Å². The Morgan fingerprint density at radius 2 is 1.88 bits per heavy atom. The summed E-state index contributed by atoms with van der Waals surface area (Å²) >= 11 is 0. The lowest BCUT2D eigenvalue weighted by atomic mass is 9.92. The van der Waals surface area contributed by atoms with E-state index in [1.807, 2.05) is 22.3 Å². The molecule has 218 valence electrons. The molecule has 1 aromatic carbocycles. The van der Waals surface area contributed by atoms with Gasteiger partial charge in [0.25, 0.3) is 5.91 Å². The number of aliphatic carboxylic acids is 1. The highest BCUT2D eigenvalue weighted by Crippen LogP contribution is 2.45. The molecule has 1 unspecified atom stereocenters. The van der Waals surface area contributed by atoms with Crippen LogP contribution in [0.2, 0.25) is 0 Å². The van der Waals surface area contributed by atoms with Gasteiger partial charge in [0.15, 0.2) is 0 Å². The molecule has 1 saturated heterocycles. The fourth-order valence-corrected chi connectivity index (χ4v) is 4.98. The minimum atomic E-state index is -4.33. The number of benzene rings is 1. The van der Waals surface area contributed by atoms with E-state index in [4.69, 9.17) is 9.47 Å². The first kappa shape index (κ1) is 29.4. The van der Waals surface area contributed by atoms with E-state index in [0.717, 1.165) is 18.4 Å². The van der Waals surface area contributed by atoms with Gasteiger partial charge in [0, 0.05) is 31.4 Å². The summed E-state index contributed by atoms with van der Waals surface area (Å²) in [5.74, 6) is -4.61. The van der Waals surface area contributed by atoms with E-state index in [9.17, 15) is 32.3 Å². The number of carbonyl (C=O) groups is 2. The lowest BCUT2D eigenvalue weighted by Crippen LogP contribution is -2.42. The summed E-state index contributed by atoms with van der Waals surface area (Å²) in [6, 6.07) is 8.22. The molecule has 2 aromatic rings. The minimum Gasteiger partial charge on any atom is -0.497 e. The number of carbonyl (C=O) groups excluding carboxylic acids is 1. The maximum atomic E-state index is 13.3. The molecule has 12 heteroatoms. The number of pyridine rings is 1. The number of hydrogen-bond acceptors (Lipinski definition) is 6. The Hall–Kier alpha value is -3.57. The van der Waals surface area contributed by atoms with Crippen molar-refractivity contribution in [3.8, 4) is 11.6 Å². The van der Waals surface area contributed by atoms with Gasteiger partial charge in [-0.1, -0.05) is 0 Å². The molecule has 1 aliphatic heterocycles. The van der Waals surface area contributed by atoms with Crippen molar-refractivity contribution in [1.82, 2.24) is 10.3 Å². The fraction of sp³-hybridized carbons (Fsp3) is 0.536. The van der Waals surface area contributed by atoms with Gasteiger partial charge in [-0.2, -0.15) is 8.78 Å². The molecule has 8 nitrogen and oxygen atoms in total. The molecule has 1 amide bonds. The van der Waals surface area contributed by atoms with Crippen LogP contribution in [0.4, 0.5) is 23.2 Å². The molecule has 1 aliphatic carbocycles. The first-order valence-electron chi connectivity index (χ1n) is 13.2. The van der Waals surface area contributed by atoms with E-state index >= 15 is 0 Å². The molecule has 2 fully saturated rings. The number of nitrogens with one attached hydrogen (secondary N) is 1. The molecule has 40 heavy (non-hydrogen) atoms. The van der Waals surface area contributed by atoms with E-state index in [-0.39, 0.29) is 23.8 Å². The van der Waals surface area contributed by atoms with Crippen molar-refractivity contribution in [2.24, 2.45) is 11.8 Å². The van der Waals surface area contributed by atoms with Crippen LogP contribution in [-0.4, -0.2) is 67.7 Å². The van der Waals surface area contributed by atoms with Gasteiger partial charge >= 0.3 is 18.3 Å². The number of amides is 1. The number of ether oxygens (including phenoxy) is 2. The van der Waals surface area contributed by atoms with Gasteiger partial charge in [-0.15, -0.1) is 0 Å². The topological polar surface area (TPSA) is 101 Å². The molecule has 2 N–H and O–H groups in total. The second-order valence-corrected chi connectivity index (χ2v) is 10.3. The average molecular weight is 568 g/mol. The van der Waals surface area contributed by atoms with Crippen LogP contribution in [0.3, 0.4) is 0 Å². The molecular weight excluding hydrogens is 534 g/mol. The first-order valence-corrected chi connectivity index (χ1v) is 13.2. The number of halogens is 4. The number of aromatic nitrogens is 1. The van der Waals surface area contributed by atoms with Crippen LogP contribution in [0.25, 0.3) is 0 Å². The van der Waals surface area contributed by atoms with E-state index in [1.165, 1.54) is 19.2 Å². The van der Waals surface area contributed by atoms with Gasteiger partial charge in [-0.05, 0) is 67.2 Å². The monoisotopic (exact) mass is 567 g/mol. The molecular formula is C28H33F4N3O5. The van der Waals surface area contributed by atoms with Crippen molar-refractivity contribution in [2.45, 2.75) is 50.4 Å². The van der Waals surface area contributed by atoms with E-state index in [1.54, 1.807) is 12.3 Å². The number of rotatable bonds is 13. The van der Waals surface area contributed by atoms with Crippen LogP contribution in [0, 0.1) is 11.8 Å². The number of methoxy groups -OCH3 is 1. The molecule has 0 radical (unpaired) electrons. The zero-order valence-electron chi connectivity index (χ0n) is 22.1. The molecule has 2 heterocycles. The van der Waals surface area contributed by atoms with Gasteiger partial charge < -0.3 is 24.8 Å². The Labute approximate surface area is 229 Å². The van der Waals surface area contributed by atoms with Crippen molar-refractivity contribution >= 4 is 17.6 Å². The largest absolute Gasteiger partial charge is 0.497 e. The predicted molar refractivity (Wildman–Crippen MR) is 139 cm³/mol. The van der Waals surface area contributed by atoms with Crippen molar-refractivity contribution in [1.29, 1.82) is 0 Å². The summed E-state index contributed by atoms with van der Waals surface area (Å²) in [7, 11) is 1.46. The van der Waals surface area contributed by atoms with Gasteiger partial charge in [-0.25, -0.2) is 13.8 Å². The SMILES string of the molecule is COc1ccc(C(=O)NCC(F)(F)C(F)F)c(N2CCC(COc3cc(C(CC(=O)O)C4CC4)ccn3)CC2)c1. The maximum absolute atomic E-state index is 13.3. The molecule has 0 bridgehead atoms. The van der Waals surface area contributed by atoms with Crippen LogP contribution in [0.1, 0.15) is 53.9 Å². The van der Waals surface area contributed by atoms with Crippen molar-refractivity contribution in [3.63, 3.8) is 0 Å². The zero-order valence-corrected chi connectivity index (χ0v) is 22.1. The number of alkyl halides is 4. The van der Waals surface area contributed by atoms with Crippen LogP contribution < -0.4 is 19.7 Å². The number of carboxylic acid groups (broad SMARTS) is 1. The smallest absolute Gasteiger partial charge is 0.324 e. The number of hydrogen-bond donors (Lipinski definition) is 2. The van der Waals surface area contributed by atoms with Crippen molar-refractivity contribution in [2.75, 3.05) is 38.3 Å². The molecule has 2 aliphatic rings. The van der Waals surface area contributed by atoms with Gasteiger partial charge in [-0.3, -0.25) is 9.59 Å². The highest BCUT2D eigenvalue weighted by molar-refractivity contribution is 6.00. The molecule has 1 aromatic heterocycles. The van der Waals surface area contributed by atoms with Crippen molar-refractivity contribution in [3.05, 3.63) is 47.7 Å².